The minimum Gasteiger partial charge on any atom is -0.507 e. The van der Waals surface area contributed by atoms with E-state index in [0.29, 0.717) is 16.8 Å². The Morgan fingerprint density at radius 3 is 2.58 bits per heavy atom. The number of carbonyl (C=O) groups excluding carboxylic acids is 2. The number of phenolic OH excluding ortho intramolecular Hbond substituents is 1. The van der Waals surface area contributed by atoms with E-state index in [1.165, 1.54) is 41.3 Å². The first-order valence-electron chi connectivity index (χ1n) is 15.6. The third kappa shape index (κ3) is 6.45. The molecule has 14 nitrogen and oxygen atoms in total. The number of nitrogens with zero attached hydrogens (tertiary/aromatic N) is 6. The molecule has 6 rings (SSSR count). The second kappa shape index (κ2) is 13.6. The first-order valence-corrected chi connectivity index (χ1v) is 15.6. The molecule has 0 aliphatic carbocycles. The number of pyridine rings is 2. The van der Waals surface area contributed by atoms with Gasteiger partial charge in [0.25, 0.3) is 5.91 Å². The molecular formula is C33H32F3N7O7. The first kappa shape index (κ1) is 34.0. The summed E-state index contributed by atoms with van der Waals surface area (Å²) in [5, 5.41) is 13.0. The Balaban J connectivity index is 1.34. The summed E-state index contributed by atoms with van der Waals surface area (Å²) in [6, 6.07) is 6.05. The van der Waals surface area contributed by atoms with Crippen LogP contribution < -0.4 is 20.4 Å². The normalized spacial score (nSPS) is 13.6. The van der Waals surface area contributed by atoms with E-state index in [1.807, 2.05) is 0 Å². The third-order valence-electron chi connectivity index (χ3n) is 8.44. The van der Waals surface area contributed by atoms with Crippen molar-refractivity contribution in [1.29, 1.82) is 0 Å². The summed E-state index contributed by atoms with van der Waals surface area (Å²) >= 11 is 0. The highest BCUT2D eigenvalue weighted by molar-refractivity contribution is 6.07. The highest BCUT2D eigenvalue weighted by Gasteiger charge is 2.33. The topological polar surface area (TPSA) is 169 Å². The number of hydrogen-bond acceptors (Lipinski definition) is 11. The van der Waals surface area contributed by atoms with Crippen LogP contribution in [0, 0.1) is 0 Å². The zero-order chi connectivity index (χ0) is 35.7. The van der Waals surface area contributed by atoms with Crippen LogP contribution in [0.5, 0.6) is 11.6 Å². The van der Waals surface area contributed by atoms with E-state index < -0.39 is 35.4 Å². The maximum atomic E-state index is 14.2. The summed E-state index contributed by atoms with van der Waals surface area (Å²) in [5.74, 6) is -0.981. The number of phenols is 1. The Hall–Kier alpha value is -5.87. The molecular weight excluding hydrogens is 663 g/mol. The van der Waals surface area contributed by atoms with E-state index >= 15 is 0 Å². The maximum Gasteiger partial charge on any atom is 0.412 e. The summed E-state index contributed by atoms with van der Waals surface area (Å²) in [6.45, 7) is 4.92. The molecule has 5 aromatic rings. The van der Waals surface area contributed by atoms with Gasteiger partial charge in [-0.15, -0.1) is 0 Å². The number of fused-ring (bicyclic) bond motifs is 2. The molecule has 17 heteroatoms. The molecule has 4 aromatic heterocycles. The van der Waals surface area contributed by atoms with E-state index in [9.17, 15) is 32.7 Å². The lowest BCUT2D eigenvalue weighted by molar-refractivity contribution is -0.122. The smallest absolute Gasteiger partial charge is 0.412 e. The molecule has 1 aromatic carbocycles. The average molecular weight is 696 g/mol. The summed E-state index contributed by atoms with van der Waals surface area (Å²) in [7, 11) is 1.44. The van der Waals surface area contributed by atoms with Gasteiger partial charge in [0.1, 0.15) is 29.1 Å². The molecule has 2 amide bonds. The van der Waals surface area contributed by atoms with Gasteiger partial charge in [-0.25, -0.2) is 15.0 Å². The number of oxazole rings is 2. The molecule has 1 aliphatic heterocycles. The summed E-state index contributed by atoms with van der Waals surface area (Å²) < 4.78 is 56.9. The second-order valence-electron chi connectivity index (χ2n) is 11.5. The van der Waals surface area contributed by atoms with Crippen molar-refractivity contribution in [3.8, 4) is 23.1 Å². The molecule has 0 saturated carbocycles. The fraction of sp³-hybridized carbons (Fsp3) is 0.333. The van der Waals surface area contributed by atoms with Crippen molar-refractivity contribution in [3.63, 3.8) is 0 Å². The summed E-state index contributed by atoms with van der Waals surface area (Å²) in [6.07, 6.45) is -2.15. The van der Waals surface area contributed by atoms with Crippen molar-refractivity contribution in [1.82, 2.24) is 29.7 Å². The fourth-order valence-corrected chi connectivity index (χ4v) is 5.88. The molecule has 50 heavy (non-hydrogen) atoms. The highest BCUT2D eigenvalue weighted by atomic mass is 19.4. The zero-order valence-corrected chi connectivity index (χ0v) is 27.0. The van der Waals surface area contributed by atoms with Crippen LogP contribution in [-0.4, -0.2) is 87.3 Å². The number of anilines is 1. The molecule has 0 unspecified atom stereocenters. The molecule has 2 N–H and O–H groups in total. The van der Waals surface area contributed by atoms with Crippen molar-refractivity contribution < 1.29 is 41.4 Å². The number of aromatic hydroxyl groups is 1. The molecule has 1 saturated heterocycles. The van der Waals surface area contributed by atoms with E-state index in [1.54, 1.807) is 24.0 Å². The zero-order valence-electron chi connectivity index (χ0n) is 27.0. The number of benzene rings is 1. The van der Waals surface area contributed by atoms with Crippen molar-refractivity contribution in [2.75, 3.05) is 44.7 Å². The standard InChI is InChI=1S/C33H32F3N7O7/c1-4-20-28(41-11-13-42(14-12-41)31(47)25-21(44)5-6-22-26(25)39-17-49-22)29(46)27-32(50-30(40-27)19-8-10-38-24(15-19)48-3)43(20)16-23(45)37-9-7-18(2)33(34,35)36/h5-6,8,10,15,17,44H,2,4,7,9,11-14,16H2,1,3H3,(H,37,45). The molecule has 1 fully saturated rings. The van der Waals surface area contributed by atoms with Gasteiger partial charge >= 0.3 is 6.18 Å². The quantitative estimate of drug-likeness (QED) is 0.202. The number of piperazine rings is 1. The predicted molar refractivity (Wildman–Crippen MR) is 174 cm³/mol. The first-order chi connectivity index (χ1) is 23.9. The lowest BCUT2D eigenvalue weighted by Gasteiger charge is -2.37. The number of nitrogens with one attached hydrogen (secondary N) is 1. The van der Waals surface area contributed by atoms with Crippen LogP contribution >= 0.6 is 0 Å². The van der Waals surface area contributed by atoms with Gasteiger partial charge < -0.3 is 38.4 Å². The van der Waals surface area contributed by atoms with Crippen LogP contribution in [0.25, 0.3) is 33.8 Å². The maximum absolute atomic E-state index is 14.2. The van der Waals surface area contributed by atoms with E-state index in [2.05, 4.69) is 26.8 Å². The Labute approximate surface area is 281 Å². The van der Waals surface area contributed by atoms with E-state index in [-0.39, 0.29) is 91.2 Å². The molecule has 0 radical (unpaired) electrons. The van der Waals surface area contributed by atoms with Crippen molar-refractivity contribution in [2.45, 2.75) is 32.5 Å². The lowest BCUT2D eigenvalue weighted by atomic mass is 10.1. The minimum absolute atomic E-state index is 0.00114. The average Bonchev–Trinajstić information content (AvgIpc) is 3.77. The third-order valence-corrected chi connectivity index (χ3v) is 8.44. The number of aromatic nitrogens is 4. The van der Waals surface area contributed by atoms with Crippen molar-refractivity contribution in [2.24, 2.45) is 0 Å². The van der Waals surface area contributed by atoms with Crippen LogP contribution in [-0.2, 0) is 17.8 Å². The van der Waals surface area contributed by atoms with Gasteiger partial charge in [0.2, 0.25) is 28.8 Å². The van der Waals surface area contributed by atoms with Gasteiger partial charge in [-0.2, -0.15) is 13.2 Å². The fourth-order valence-electron chi connectivity index (χ4n) is 5.88. The number of hydrogen-bond donors (Lipinski definition) is 2. The Morgan fingerprint density at radius 2 is 1.88 bits per heavy atom. The van der Waals surface area contributed by atoms with Gasteiger partial charge in [0, 0.05) is 61.8 Å². The highest BCUT2D eigenvalue weighted by Crippen LogP contribution is 2.31. The number of rotatable bonds is 10. The van der Waals surface area contributed by atoms with Crippen LogP contribution in [0.2, 0.25) is 0 Å². The summed E-state index contributed by atoms with van der Waals surface area (Å²) in [5.41, 5.74) is 0.210. The minimum atomic E-state index is -4.58. The van der Waals surface area contributed by atoms with Gasteiger partial charge in [-0.3, -0.25) is 14.4 Å². The number of amides is 2. The molecule has 1 aliphatic rings. The largest absolute Gasteiger partial charge is 0.507 e. The number of carbonyl (C=O) groups is 2. The molecule has 0 atom stereocenters. The number of halogens is 3. The Bertz CT molecular complexity index is 2160. The lowest BCUT2D eigenvalue weighted by Crippen LogP contribution is -2.50. The molecule has 0 spiro atoms. The van der Waals surface area contributed by atoms with Gasteiger partial charge in [-0.05, 0) is 31.0 Å². The van der Waals surface area contributed by atoms with Crippen LogP contribution in [0.4, 0.5) is 18.9 Å². The molecule has 262 valence electrons. The SMILES string of the molecule is C=C(CCNC(=O)Cn1c(CC)c(N2CCN(C(=O)c3c(O)ccc4ocnc34)CC2)c(=O)c2nc(-c3ccnc(OC)c3)oc21)C(F)(F)F. The van der Waals surface area contributed by atoms with Crippen LogP contribution in [0.1, 0.15) is 29.4 Å². The second-order valence-corrected chi connectivity index (χ2v) is 11.5. The van der Waals surface area contributed by atoms with E-state index in [4.69, 9.17) is 13.6 Å². The number of ether oxygens (including phenoxy) is 1. The Kier molecular flexibility index (Phi) is 9.22. The van der Waals surface area contributed by atoms with E-state index in [0.717, 1.165) is 0 Å². The summed E-state index contributed by atoms with van der Waals surface area (Å²) in [4.78, 5) is 56.9. The monoisotopic (exact) mass is 695 g/mol. The van der Waals surface area contributed by atoms with Gasteiger partial charge in [0.15, 0.2) is 17.5 Å². The number of alkyl halides is 3. The van der Waals surface area contributed by atoms with Crippen molar-refractivity contribution in [3.05, 3.63) is 70.5 Å². The van der Waals surface area contributed by atoms with Crippen LogP contribution in [0.15, 0.2) is 62.6 Å². The number of methoxy groups -OCH3 is 1. The van der Waals surface area contributed by atoms with Gasteiger partial charge in [-0.1, -0.05) is 13.5 Å². The van der Waals surface area contributed by atoms with Crippen LogP contribution in [0.3, 0.4) is 0 Å². The Morgan fingerprint density at radius 1 is 1.12 bits per heavy atom. The molecule has 0 bridgehead atoms. The van der Waals surface area contributed by atoms with Crippen molar-refractivity contribution >= 4 is 39.8 Å². The van der Waals surface area contributed by atoms with Gasteiger partial charge in [0.05, 0.1) is 7.11 Å². The predicted octanol–water partition coefficient (Wildman–Crippen LogP) is 4.06. The molecule has 5 heterocycles.